The number of carbonyl (C=O) groups excluding carboxylic acids is 1. The third kappa shape index (κ3) is 4.66. The summed E-state index contributed by atoms with van der Waals surface area (Å²) in [5.41, 5.74) is 4.98. The number of benzene rings is 2. The minimum absolute atomic E-state index is 0.144. The summed E-state index contributed by atoms with van der Waals surface area (Å²) in [4.78, 5) is 11.7. The van der Waals surface area contributed by atoms with Crippen LogP contribution in [0.2, 0.25) is 10.0 Å². The Kier molecular flexibility index (Phi) is 6.80. The molecule has 0 radical (unpaired) electrons. The highest BCUT2D eigenvalue weighted by molar-refractivity contribution is 6.42. The van der Waals surface area contributed by atoms with Gasteiger partial charge in [-0.15, -0.1) is 0 Å². The number of rotatable bonds is 6. The number of hydrogen-bond acceptors (Lipinski definition) is 3. The van der Waals surface area contributed by atoms with Crippen molar-refractivity contribution in [2.75, 3.05) is 13.7 Å². The molecule has 0 aromatic heterocycles. The fourth-order valence-corrected chi connectivity index (χ4v) is 4.20. The van der Waals surface area contributed by atoms with Crippen LogP contribution < -0.4 is 5.32 Å². The van der Waals surface area contributed by atoms with Gasteiger partial charge in [0.25, 0.3) is 0 Å². The summed E-state index contributed by atoms with van der Waals surface area (Å²) in [6.45, 7) is 2.26. The van der Waals surface area contributed by atoms with Crippen LogP contribution in [0.5, 0.6) is 0 Å². The Morgan fingerprint density at radius 1 is 1.11 bits per heavy atom. The predicted octanol–water partition coefficient (Wildman–Crippen LogP) is 5.68. The molecule has 0 fully saturated rings. The van der Waals surface area contributed by atoms with Crippen LogP contribution in [0.1, 0.15) is 60.4 Å². The molecule has 0 amide bonds. The lowest BCUT2D eigenvalue weighted by Gasteiger charge is -2.32. The van der Waals surface area contributed by atoms with E-state index in [4.69, 9.17) is 27.9 Å². The molecule has 0 saturated carbocycles. The summed E-state index contributed by atoms with van der Waals surface area (Å²) in [6, 6.07) is 12.8. The van der Waals surface area contributed by atoms with Gasteiger partial charge < -0.3 is 10.1 Å². The Labute approximate surface area is 171 Å². The highest BCUT2D eigenvalue weighted by Gasteiger charge is 2.28. The number of fused-ring (bicyclic) bond motifs is 1. The van der Waals surface area contributed by atoms with Crippen molar-refractivity contribution < 1.29 is 9.53 Å². The van der Waals surface area contributed by atoms with Crippen LogP contribution in [0.25, 0.3) is 0 Å². The maximum atomic E-state index is 11.7. The molecule has 2 aromatic rings. The van der Waals surface area contributed by atoms with Gasteiger partial charge in [-0.05, 0) is 67.6 Å². The van der Waals surface area contributed by atoms with Crippen molar-refractivity contribution in [2.24, 2.45) is 0 Å². The largest absolute Gasteiger partial charge is 0.466 e. The first kappa shape index (κ1) is 20.2. The number of nitrogens with one attached hydrogen (secondary N) is 1. The second-order valence-electron chi connectivity index (χ2n) is 6.91. The quantitative estimate of drug-likeness (QED) is 0.628. The lowest BCUT2D eigenvalue weighted by atomic mass is 9.76. The maximum Gasteiger partial charge on any atom is 0.306 e. The van der Waals surface area contributed by atoms with Gasteiger partial charge >= 0.3 is 5.97 Å². The van der Waals surface area contributed by atoms with Crippen LogP contribution in [0.4, 0.5) is 0 Å². The first-order chi connectivity index (χ1) is 13.0. The molecule has 1 aliphatic rings. The van der Waals surface area contributed by atoms with E-state index in [1.165, 1.54) is 16.7 Å². The molecule has 0 spiro atoms. The molecule has 2 atom stereocenters. The SMILES string of the molecule is CCOC(=O)CCc1ccc2c(c1)[C@@H](NC)CCC2c1ccc(Cl)c(Cl)c1. The van der Waals surface area contributed by atoms with E-state index in [9.17, 15) is 4.79 Å². The molecule has 5 heteroatoms. The average molecular weight is 406 g/mol. The molecule has 1 N–H and O–H groups in total. The zero-order chi connectivity index (χ0) is 19.4. The van der Waals surface area contributed by atoms with Crippen LogP contribution in [0.3, 0.4) is 0 Å². The summed E-state index contributed by atoms with van der Waals surface area (Å²) in [5, 5.41) is 4.60. The van der Waals surface area contributed by atoms with Crippen molar-refractivity contribution in [3.05, 3.63) is 68.7 Å². The van der Waals surface area contributed by atoms with E-state index in [2.05, 4.69) is 29.6 Å². The van der Waals surface area contributed by atoms with Gasteiger partial charge in [-0.3, -0.25) is 4.79 Å². The molecule has 1 unspecified atom stereocenters. The van der Waals surface area contributed by atoms with Gasteiger partial charge in [-0.1, -0.05) is 47.5 Å². The molecular weight excluding hydrogens is 381 g/mol. The van der Waals surface area contributed by atoms with Crippen molar-refractivity contribution in [1.29, 1.82) is 0 Å². The molecule has 1 aliphatic carbocycles. The average Bonchev–Trinajstić information content (AvgIpc) is 2.67. The van der Waals surface area contributed by atoms with Crippen molar-refractivity contribution in [3.8, 4) is 0 Å². The van der Waals surface area contributed by atoms with Gasteiger partial charge in [0.1, 0.15) is 0 Å². The Bertz CT molecular complexity index is 822. The number of halogens is 2. The predicted molar refractivity (Wildman–Crippen MR) is 111 cm³/mol. The highest BCUT2D eigenvalue weighted by Crippen LogP contribution is 2.42. The summed E-state index contributed by atoms with van der Waals surface area (Å²) in [7, 11) is 2.00. The summed E-state index contributed by atoms with van der Waals surface area (Å²) in [5.74, 6) is 0.160. The third-order valence-electron chi connectivity index (χ3n) is 5.26. The minimum Gasteiger partial charge on any atom is -0.466 e. The monoisotopic (exact) mass is 405 g/mol. The van der Waals surface area contributed by atoms with E-state index in [0.717, 1.165) is 18.4 Å². The number of aryl methyl sites for hydroxylation is 1. The summed E-state index contributed by atoms with van der Waals surface area (Å²) >= 11 is 12.3. The maximum absolute atomic E-state index is 11.7. The molecular formula is C22H25Cl2NO2. The van der Waals surface area contributed by atoms with Crippen LogP contribution in [0, 0.1) is 0 Å². The first-order valence-electron chi connectivity index (χ1n) is 9.44. The lowest BCUT2D eigenvalue weighted by Crippen LogP contribution is -2.24. The van der Waals surface area contributed by atoms with E-state index in [1.54, 1.807) is 0 Å². The van der Waals surface area contributed by atoms with Gasteiger partial charge in [-0.25, -0.2) is 0 Å². The molecule has 0 aliphatic heterocycles. The Balaban J connectivity index is 1.88. The Hall–Kier alpha value is -1.55. The zero-order valence-electron chi connectivity index (χ0n) is 15.7. The van der Waals surface area contributed by atoms with Crippen LogP contribution >= 0.6 is 23.2 Å². The van der Waals surface area contributed by atoms with Crippen molar-refractivity contribution in [1.82, 2.24) is 5.32 Å². The van der Waals surface area contributed by atoms with Crippen LogP contribution in [-0.2, 0) is 16.0 Å². The highest BCUT2D eigenvalue weighted by atomic mass is 35.5. The summed E-state index contributed by atoms with van der Waals surface area (Å²) in [6.07, 6.45) is 3.21. The fourth-order valence-electron chi connectivity index (χ4n) is 3.90. The molecule has 0 heterocycles. The van der Waals surface area contributed by atoms with Crippen LogP contribution in [0.15, 0.2) is 36.4 Å². The van der Waals surface area contributed by atoms with Gasteiger partial charge in [0.15, 0.2) is 0 Å². The normalized spacial score (nSPS) is 18.8. The first-order valence-corrected chi connectivity index (χ1v) is 10.2. The molecule has 3 nitrogen and oxygen atoms in total. The van der Waals surface area contributed by atoms with E-state index in [-0.39, 0.29) is 5.97 Å². The van der Waals surface area contributed by atoms with E-state index < -0.39 is 0 Å². The van der Waals surface area contributed by atoms with Crippen molar-refractivity contribution in [3.63, 3.8) is 0 Å². The molecule has 144 valence electrons. The van der Waals surface area contributed by atoms with Gasteiger partial charge in [-0.2, -0.15) is 0 Å². The lowest BCUT2D eigenvalue weighted by molar-refractivity contribution is -0.143. The number of carbonyl (C=O) groups is 1. The molecule has 0 saturated heterocycles. The minimum atomic E-state index is -0.144. The molecule has 2 aromatic carbocycles. The standard InChI is InChI=1S/C22H25Cl2NO2/c1-3-27-22(26)11-5-14-4-7-17-16(8-10-21(25-2)18(17)12-14)15-6-9-19(23)20(24)13-15/h4,6-7,9,12-13,16,21,25H,3,5,8,10-11H2,1-2H3/t16?,21-/m0/s1. The van der Waals surface area contributed by atoms with Crippen molar-refractivity contribution >= 4 is 29.2 Å². The number of hydrogen-bond donors (Lipinski definition) is 1. The van der Waals surface area contributed by atoms with E-state index >= 15 is 0 Å². The van der Waals surface area contributed by atoms with E-state index in [1.807, 2.05) is 26.1 Å². The topological polar surface area (TPSA) is 38.3 Å². The fraction of sp³-hybridized carbons (Fsp3) is 0.409. The number of esters is 1. The second kappa shape index (κ2) is 9.09. The second-order valence-corrected chi connectivity index (χ2v) is 7.73. The van der Waals surface area contributed by atoms with Gasteiger partial charge in [0.05, 0.1) is 16.7 Å². The third-order valence-corrected chi connectivity index (χ3v) is 6.00. The van der Waals surface area contributed by atoms with Crippen LogP contribution in [-0.4, -0.2) is 19.6 Å². The Morgan fingerprint density at radius 3 is 2.63 bits per heavy atom. The Morgan fingerprint density at radius 2 is 1.93 bits per heavy atom. The summed E-state index contributed by atoms with van der Waals surface area (Å²) < 4.78 is 5.04. The molecule has 0 bridgehead atoms. The van der Waals surface area contributed by atoms with Gasteiger partial charge in [0, 0.05) is 18.4 Å². The smallest absolute Gasteiger partial charge is 0.306 e. The molecule has 3 rings (SSSR count). The zero-order valence-corrected chi connectivity index (χ0v) is 17.2. The molecule has 27 heavy (non-hydrogen) atoms. The van der Waals surface area contributed by atoms with Gasteiger partial charge in [0.2, 0.25) is 0 Å². The van der Waals surface area contributed by atoms with Crippen molar-refractivity contribution in [2.45, 2.75) is 44.6 Å². The number of ether oxygens (including phenoxy) is 1. The van der Waals surface area contributed by atoms with E-state index in [0.29, 0.717) is 41.5 Å².